The molecule has 0 aliphatic rings. The van der Waals surface area contributed by atoms with Gasteiger partial charge in [-0.25, -0.2) is 0 Å². The molecule has 0 fully saturated rings. The van der Waals surface area contributed by atoms with Crippen LogP contribution >= 0.6 is 23.5 Å². The summed E-state index contributed by atoms with van der Waals surface area (Å²) in [5.74, 6) is -21.6. The highest BCUT2D eigenvalue weighted by Gasteiger charge is 2.42. The fraction of sp³-hybridized carbons (Fsp3) is 0.608. The number of hydrogen-bond acceptors (Lipinski definition) is 26. The van der Waals surface area contributed by atoms with Gasteiger partial charge in [0.25, 0.3) is 0 Å². The number of carbonyl (C=O) groups is 20. The molecule has 0 radical (unpaired) electrons. The van der Waals surface area contributed by atoms with Crippen molar-refractivity contribution in [3.8, 4) is 0 Å². The molecular formula is C102H158N20O25S2. The molecule has 4 rings (SSSR count). The van der Waals surface area contributed by atoms with Crippen molar-refractivity contribution in [2.24, 2.45) is 47.2 Å². The third-order valence-electron chi connectivity index (χ3n) is 24.3. The molecule has 0 aliphatic heterocycles. The zero-order chi connectivity index (χ0) is 112. The first-order valence-corrected chi connectivity index (χ1v) is 53.1. The highest BCUT2D eigenvalue weighted by atomic mass is 32.2. The van der Waals surface area contributed by atoms with Gasteiger partial charge in [0.2, 0.25) is 106 Å². The number of benzene rings is 3. The van der Waals surface area contributed by atoms with Crippen molar-refractivity contribution in [2.45, 2.75) is 310 Å². The van der Waals surface area contributed by atoms with Crippen LogP contribution in [0.4, 0.5) is 0 Å². The molecule has 4 aromatic rings. The molecule has 3 aromatic carbocycles. The second kappa shape index (κ2) is 65.2. The Morgan fingerprint density at radius 1 is 0.342 bits per heavy atom. The molecule has 0 spiro atoms. The number of para-hydroxylation sites is 1. The number of carbonyl (C=O) groups excluding carboxylic acids is 18. The van der Waals surface area contributed by atoms with Gasteiger partial charge in [-0.3, -0.25) is 95.9 Å². The Balaban J connectivity index is 1.53. The van der Waals surface area contributed by atoms with Crippen LogP contribution in [0.3, 0.4) is 0 Å². The number of hydrogen-bond donors (Lipinski definition) is 25. The van der Waals surface area contributed by atoms with E-state index in [4.69, 9.17) is 5.73 Å². The Labute approximate surface area is 878 Å². The summed E-state index contributed by atoms with van der Waals surface area (Å²) in [6.45, 7) is 24.6. The maximum Gasteiger partial charge on any atom is 0.325 e. The van der Waals surface area contributed by atoms with Crippen molar-refractivity contribution in [3.63, 3.8) is 0 Å². The van der Waals surface area contributed by atoms with E-state index in [1.54, 1.807) is 194 Å². The first kappa shape index (κ1) is 128. The van der Waals surface area contributed by atoms with E-state index in [1.807, 2.05) is 6.26 Å². The topological polar surface area (TPSA) is 701 Å². The van der Waals surface area contributed by atoms with E-state index in [-0.39, 0.29) is 81.5 Å². The second-order valence-corrected chi connectivity index (χ2v) is 41.7. The highest BCUT2D eigenvalue weighted by molar-refractivity contribution is 7.98. The fourth-order valence-corrected chi connectivity index (χ4v) is 16.6. The van der Waals surface area contributed by atoms with Crippen LogP contribution in [0.25, 0.3) is 10.9 Å². The summed E-state index contributed by atoms with van der Waals surface area (Å²) in [6.07, 6.45) is 2.38. The first-order chi connectivity index (χ1) is 70.2. The third kappa shape index (κ3) is 44.8. The van der Waals surface area contributed by atoms with Gasteiger partial charge < -0.3 is 132 Å². The molecule has 0 saturated heterocycles. The molecule has 26 N–H and O–H groups in total. The largest absolute Gasteiger partial charge is 0.481 e. The van der Waals surface area contributed by atoms with Crippen molar-refractivity contribution in [1.29, 1.82) is 0 Å². The summed E-state index contributed by atoms with van der Waals surface area (Å²) < 4.78 is 0. The molecule has 0 saturated carbocycles. The van der Waals surface area contributed by atoms with Crippen molar-refractivity contribution in [3.05, 3.63) is 108 Å². The number of nitrogens with two attached hydrogens (primary N) is 1. The van der Waals surface area contributed by atoms with Crippen molar-refractivity contribution in [1.82, 2.24) is 101 Å². The van der Waals surface area contributed by atoms with E-state index < -0.39 is 283 Å². The smallest absolute Gasteiger partial charge is 0.325 e. The summed E-state index contributed by atoms with van der Waals surface area (Å²) in [6, 6.07) is -2.44. The second-order valence-electron chi connectivity index (χ2n) is 39.7. The summed E-state index contributed by atoms with van der Waals surface area (Å²) in [4.78, 5) is 283. The van der Waals surface area contributed by atoms with Crippen LogP contribution in [-0.2, 0) is 115 Å². The van der Waals surface area contributed by atoms with Gasteiger partial charge in [-0.15, -0.1) is 0 Å². The predicted octanol–water partition coefficient (Wildman–Crippen LogP) is -0.716. The van der Waals surface area contributed by atoms with E-state index in [9.17, 15) is 117 Å². The monoisotopic (exact) mass is 2130 g/mol. The van der Waals surface area contributed by atoms with Crippen LogP contribution in [0, 0.1) is 41.4 Å². The van der Waals surface area contributed by atoms with E-state index >= 15 is 4.79 Å². The zero-order valence-corrected chi connectivity index (χ0v) is 90.1. The first-order valence-electron chi connectivity index (χ1n) is 50.3. The van der Waals surface area contributed by atoms with Gasteiger partial charge in [0.05, 0.1) is 31.9 Å². The SMILES string of the molecule is CC[C@H](C)[C@H](NC(=O)CNC(=O)[C@@H](NC(=O)[C@H](CC(C)C)NC(=O)[C@H](CC(C)C)NC(=O)[C@H](CC(C)C)NC(=O)[C@H](CO)NC(=O)[C@@H](NC(=O)[C@H](Cc1ccccc1)NC(=O)[C@H](CO)NC(=O)[C@H](CCSC)NC(=O)[C@@H](N)CCSC)C(C)C)C(C)C)C(=O)N[C@@H](CC(C)C)C(=O)N[C@@H](Cc1ccccc1)C(=O)N[C@@H](Cc1c[nH]c2ccccc12)C(=O)N[C@@H](C)C(=O)N[C@H](C(=O)N[C@@H](CCC(=O)O)C(=O)N[C@@H](C)C(=O)O)[C@@H](C)O. The van der Waals surface area contributed by atoms with E-state index in [0.29, 0.717) is 45.5 Å². The number of fused-ring (bicyclic) bond motifs is 1. The number of aromatic nitrogens is 1. The van der Waals surface area contributed by atoms with Gasteiger partial charge in [-0.05, 0) is 154 Å². The fourth-order valence-electron chi connectivity index (χ4n) is 15.7. The van der Waals surface area contributed by atoms with Crippen LogP contribution in [0.5, 0.6) is 0 Å². The van der Waals surface area contributed by atoms with Crippen molar-refractivity contribution >= 4 is 153 Å². The number of amides is 18. The number of carboxylic acid groups (broad SMARTS) is 2. The van der Waals surface area contributed by atoms with Gasteiger partial charge in [-0.1, -0.05) is 182 Å². The van der Waals surface area contributed by atoms with Crippen LogP contribution < -0.4 is 101 Å². The molecule has 149 heavy (non-hydrogen) atoms. The lowest BCUT2D eigenvalue weighted by Gasteiger charge is -2.30. The Hall–Kier alpha value is -12.9. The molecule has 1 aromatic heterocycles. The summed E-state index contributed by atoms with van der Waals surface area (Å²) in [5, 5.41) is 97.7. The summed E-state index contributed by atoms with van der Waals surface area (Å²) >= 11 is 2.88. The van der Waals surface area contributed by atoms with Crippen molar-refractivity contribution in [2.75, 3.05) is 43.8 Å². The number of thioether (sulfide) groups is 2. The Morgan fingerprint density at radius 3 is 1.11 bits per heavy atom. The molecule has 828 valence electrons. The van der Waals surface area contributed by atoms with Gasteiger partial charge >= 0.3 is 11.9 Å². The summed E-state index contributed by atoms with van der Waals surface area (Å²) in [5.41, 5.74) is 8.33. The number of aliphatic hydroxyl groups excluding tert-OH is 3. The maximum atomic E-state index is 15.1. The normalized spacial score (nSPS) is 15.5. The summed E-state index contributed by atoms with van der Waals surface area (Å²) in [7, 11) is 0. The average molecular weight is 2130 g/mol. The molecule has 20 atom stereocenters. The zero-order valence-electron chi connectivity index (χ0n) is 88.5. The predicted molar refractivity (Wildman–Crippen MR) is 561 cm³/mol. The highest BCUT2D eigenvalue weighted by Crippen LogP contribution is 2.23. The number of H-pyrrole nitrogens is 1. The third-order valence-corrected chi connectivity index (χ3v) is 25.6. The minimum absolute atomic E-state index is 0.00733. The number of nitrogens with one attached hydrogen (secondary N) is 19. The molecular weight excluding hydrogens is 1970 g/mol. The van der Waals surface area contributed by atoms with Crippen LogP contribution in [0.2, 0.25) is 0 Å². The van der Waals surface area contributed by atoms with Crippen LogP contribution in [0.15, 0.2) is 91.1 Å². The quantitative estimate of drug-likeness (QED) is 0.0259. The molecule has 18 amide bonds. The van der Waals surface area contributed by atoms with Gasteiger partial charge in [0.1, 0.15) is 103 Å². The van der Waals surface area contributed by atoms with Crippen LogP contribution in [0.1, 0.15) is 192 Å². The molecule has 0 bridgehead atoms. The van der Waals surface area contributed by atoms with E-state index in [2.05, 4.69) is 101 Å². The number of aliphatic hydroxyl groups is 3. The average Bonchev–Trinajstić information content (AvgIpc) is 1.70. The van der Waals surface area contributed by atoms with E-state index in [0.717, 1.165) is 13.8 Å². The van der Waals surface area contributed by atoms with Gasteiger partial charge in [0, 0.05) is 42.8 Å². The lowest BCUT2D eigenvalue weighted by Crippen LogP contribution is -2.62. The van der Waals surface area contributed by atoms with Crippen LogP contribution in [-0.4, -0.2) is 307 Å². The van der Waals surface area contributed by atoms with E-state index in [1.165, 1.54) is 30.4 Å². The maximum absolute atomic E-state index is 15.1. The molecule has 1 heterocycles. The minimum atomic E-state index is -1.85. The number of rotatable bonds is 67. The molecule has 47 heteroatoms. The number of aliphatic carboxylic acids is 2. The van der Waals surface area contributed by atoms with Gasteiger partial charge in [0.15, 0.2) is 0 Å². The number of carboxylic acids is 2. The van der Waals surface area contributed by atoms with Crippen molar-refractivity contribution < 1.29 is 121 Å². The Bertz CT molecular complexity index is 5110. The Kier molecular flexibility index (Phi) is 56.2. The minimum Gasteiger partial charge on any atom is -0.481 e. The lowest BCUT2D eigenvalue weighted by molar-refractivity contribution is -0.142. The van der Waals surface area contributed by atoms with Gasteiger partial charge in [-0.2, -0.15) is 23.5 Å². The Morgan fingerprint density at radius 2 is 0.678 bits per heavy atom. The molecule has 45 nitrogen and oxygen atoms in total. The standard InChI is InChI=1S/C102H158N20O25S2/c1-20-58(14)83(100(144)116-72(43-54(6)7)92(136)113-74(45-62-29-23-21-24-30-62)93(137)115-76(47-64-48-104-67-34-28-27-33-65(64)67)89(133)106-59(15)85(129)122-84(61(17)125)101(145)109-68(35-36-80(127)128)87(131)107-60(16)102(146)147)119-79(126)49-105-98(142)81(56(10)11)120-94(138)73(44-55(8)9)111-90(134)70(41-52(2)3)110-91(135)71(42-53(4)5)112-97(141)78(51-124)118-99(143)82(57(12)13)121-95(139)75(46-63-31-25-22-26-32-63)114-96(140)77(50-123)117-88(132)69(38-40-149-19)108-86(130)66(103)37-39-148-18/h21-34,48,52-61,66,68-78,81-84,104,123-125H,20,35-47,49-51,103H2,1-19H3,(H,105,142)(H,106,133)(H,107,131)(H,108,130)(H,109,145)(H,110,135)(H,111,134)(H,112,141)(H,113,136)(H,114,140)(H,115,137)(H,116,144)(H,117,132)(H,118,143)(H,119,126)(H,120,138)(H,121,139)(H,122,129)(H,127,128)(H,146,147)/t58-,59-,60-,61+,66-,68-,69-,70-,71-,72-,73-,74-,75-,76-,77-,78-,81-,82-,83-,84-/m0/s1. The molecule has 0 aliphatic carbocycles. The lowest BCUT2D eigenvalue weighted by atomic mass is 9.96. The molecule has 0 unspecified atom stereocenters. The number of aromatic amines is 1.